The van der Waals surface area contributed by atoms with Crippen LogP contribution in [0, 0.1) is 11.8 Å². The molecular formula is C34H18. The van der Waals surface area contributed by atoms with Crippen LogP contribution in [-0.2, 0) is 0 Å². The fourth-order valence-electron chi connectivity index (χ4n) is 5.80. The van der Waals surface area contributed by atoms with Gasteiger partial charge in [-0.15, -0.1) is 0 Å². The lowest BCUT2D eigenvalue weighted by Gasteiger charge is -2.11. The van der Waals surface area contributed by atoms with Crippen molar-refractivity contribution in [2.24, 2.45) is 0 Å². The fourth-order valence-corrected chi connectivity index (χ4v) is 5.80. The third-order valence-electron chi connectivity index (χ3n) is 7.28. The quantitative estimate of drug-likeness (QED) is 0.168. The smallest absolute Gasteiger partial charge is 0.0261 e. The number of rotatable bonds is 0. The van der Waals surface area contributed by atoms with Crippen LogP contribution in [0.5, 0.6) is 0 Å². The maximum atomic E-state index is 3.46. The molecule has 0 aromatic heterocycles. The van der Waals surface area contributed by atoms with Gasteiger partial charge in [0.1, 0.15) is 0 Å². The summed E-state index contributed by atoms with van der Waals surface area (Å²) in [6, 6.07) is 39.8. The molecule has 0 unspecified atom stereocenters. The summed E-state index contributed by atoms with van der Waals surface area (Å²) in [4.78, 5) is 0. The molecular weight excluding hydrogens is 408 g/mol. The molecule has 0 bridgehead atoms. The second-order valence-electron chi connectivity index (χ2n) is 9.27. The second kappa shape index (κ2) is 6.47. The van der Waals surface area contributed by atoms with E-state index in [2.05, 4.69) is 121 Å². The second-order valence-corrected chi connectivity index (χ2v) is 9.27. The van der Waals surface area contributed by atoms with Crippen molar-refractivity contribution in [3.63, 3.8) is 0 Å². The molecule has 8 rings (SSSR count). The van der Waals surface area contributed by atoms with Crippen LogP contribution in [0.3, 0.4) is 0 Å². The Labute approximate surface area is 196 Å². The summed E-state index contributed by atoms with van der Waals surface area (Å²) < 4.78 is 0. The Morgan fingerprint density at radius 2 is 0.559 bits per heavy atom. The van der Waals surface area contributed by atoms with Gasteiger partial charge in [-0.25, -0.2) is 0 Å². The molecule has 0 nitrogen and oxygen atoms in total. The van der Waals surface area contributed by atoms with E-state index in [0.717, 1.165) is 11.1 Å². The van der Waals surface area contributed by atoms with E-state index in [0.29, 0.717) is 0 Å². The van der Waals surface area contributed by atoms with Crippen LogP contribution >= 0.6 is 0 Å². The molecule has 0 amide bonds. The van der Waals surface area contributed by atoms with Crippen molar-refractivity contribution in [2.45, 2.75) is 0 Å². The average molecular weight is 427 g/mol. The molecule has 34 heavy (non-hydrogen) atoms. The molecule has 0 aliphatic rings. The standard InChI is InChI=1S/C34H18/c1-3-23-9-13-27-17-21(18-28-14-10-24(4-1)31(23)33(27)28)7-8-22-19-29-15-11-25-5-2-6-26-12-16-30(20-22)34(29)32(25)26/h1-6,9-20H. The average Bonchev–Trinajstić information content (AvgIpc) is 2.89. The summed E-state index contributed by atoms with van der Waals surface area (Å²) in [5.41, 5.74) is 2.10. The first-order valence-corrected chi connectivity index (χ1v) is 11.7. The van der Waals surface area contributed by atoms with E-state index >= 15 is 0 Å². The molecule has 0 spiro atoms. The SMILES string of the molecule is C(#Cc1cc2ccc3cccc4ccc(c1)c2c34)c1cc2ccc3cccc4ccc(c1)c2c34. The first-order chi connectivity index (χ1) is 16.8. The monoisotopic (exact) mass is 426 g/mol. The van der Waals surface area contributed by atoms with Gasteiger partial charge < -0.3 is 0 Å². The largest absolute Gasteiger partial charge is 0.0616 e. The Kier molecular flexibility index (Phi) is 3.41. The Bertz CT molecular complexity index is 1840. The molecule has 154 valence electrons. The molecule has 0 radical (unpaired) electrons. The van der Waals surface area contributed by atoms with Crippen molar-refractivity contribution in [3.05, 3.63) is 120 Å². The van der Waals surface area contributed by atoms with Gasteiger partial charge in [0.15, 0.2) is 0 Å². The van der Waals surface area contributed by atoms with Gasteiger partial charge in [-0.3, -0.25) is 0 Å². The van der Waals surface area contributed by atoms with Gasteiger partial charge in [0, 0.05) is 11.1 Å². The first-order valence-electron chi connectivity index (χ1n) is 11.7. The van der Waals surface area contributed by atoms with Gasteiger partial charge in [-0.2, -0.15) is 0 Å². The molecule has 0 aliphatic carbocycles. The summed E-state index contributed by atoms with van der Waals surface area (Å²) in [6.07, 6.45) is 0. The highest BCUT2D eigenvalue weighted by atomic mass is 14.1. The fraction of sp³-hybridized carbons (Fsp3) is 0. The van der Waals surface area contributed by atoms with Crippen LogP contribution in [-0.4, -0.2) is 0 Å². The minimum Gasteiger partial charge on any atom is -0.0616 e. The number of benzene rings is 8. The highest BCUT2D eigenvalue weighted by Gasteiger charge is 2.10. The van der Waals surface area contributed by atoms with E-state index < -0.39 is 0 Å². The summed E-state index contributed by atoms with van der Waals surface area (Å²) >= 11 is 0. The van der Waals surface area contributed by atoms with Crippen molar-refractivity contribution in [1.82, 2.24) is 0 Å². The summed E-state index contributed by atoms with van der Waals surface area (Å²) in [5.74, 6) is 6.91. The van der Waals surface area contributed by atoms with Gasteiger partial charge in [0.2, 0.25) is 0 Å². The van der Waals surface area contributed by atoms with E-state index in [1.807, 2.05) is 0 Å². The molecule has 8 aromatic carbocycles. The van der Waals surface area contributed by atoms with Crippen molar-refractivity contribution in [2.75, 3.05) is 0 Å². The van der Waals surface area contributed by atoms with Crippen molar-refractivity contribution < 1.29 is 0 Å². The number of hydrogen-bond donors (Lipinski definition) is 0. The van der Waals surface area contributed by atoms with Crippen LogP contribution in [0.1, 0.15) is 11.1 Å². The van der Waals surface area contributed by atoms with Crippen molar-refractivity contribution in [1.29, 1.82) is 0 Å². The molecule has 0 fully saturated rings. The van der Waals surface area contributed by atoms with Crippen LogP contribution in [0.25, 0.3) is 64.6 Å². The Balaban J connectivity index is 1.31. The Morgan fingerprint density at radius 3 is 0.882 bits per heavy atom. The molecule has 0 atom stereocenters. The molecule has 0 aliphatic heterocycles. The maximum Gasteiger partial charge on any atom is 0.0261 e. The van der Waals surface area contributed by atoms with Gasteiger partial charge in [-0.1, -0.05) is 96.8 Å². The molecule has 8 aromatic rings. The van der Waals surface area contributed by atoms with E-state index in [1.54, 1.807) is 0 Å². The maximum absolute atomic E-state index is 3.46. The third-order valence-corrected chi connectivity index (χ3v) is 7.28. The third kappa shape index (κ3) is 2.44. The van der Waals surface area contributed by atoms with Gasteiger partial charge in [0.25, 0.3) is 0 Å². The normalized spacial score (nSPS) is 11.9. The summed E-state index contributed by atoms with van der Waals surface area (Å²) in [6.45, 7) is 0. The van der Waals surface area contributed by atoms with E-state index in [9.17, 15) is 0 Å². The minimum atomic E-state index is 1.05. The predicted molar refractivity (Wildman–Crippen MR) is 146 cm³/mol. The lowest BCUT2D eigenvalue weighted by Crippen LogP contribution is -1.86. The lowest BCUT2D eigenvalue weighted by molar-refractivity contribution is 1.71. The Morgan fingerprint density at radius 1 is 0.294 bits per heavy atom. The zero-order chi connectivity index (χ0) is 22.2. The highest BCUT2D eigenvalue weighted by molar-refractivity contribution is 6.24. The van der Waals surface area contributed by atoms with Crippen LogP contribution in [0.4, 0.5) is 0 Å². The molecule has 0 saturated heterocycles. The van der Waals surface area contributed by atoms with Gasteiger partial charge in [0.05, 0.1) is 0 Å². The molecule has 0 N–H and O–H groups in total. The number of hydrogen-bond acceptors (Lipinski definition) is 0. The summed E-state index contributed by atoms with van der Waals surface area (Å²) in [5, 5.41) is 15.6. The van der Waals surface area contributed by atoms with E-state index in [4.69, 9.17) is 0 Å². The zero-order valence-corrected chi connectivity index (χ0v) is 18.4. The highest BCUT2D eigenvalue weighted by Crippen LogP contribution is 2.36. The van der Waals surface area contributed by atoms with Crippen molar-refractivity contribution in [3.8, 4) is 11.8 Å². The molecule has 0 saturated carbocycles. The lowest BCUT2D eigenvalue weighted by atomic mass is 9.92. The van der Waals surface area contributed by atoms with Gasteiger partial charge >= 0.3 is 0 Å². The Hall–Kier alpha value is -4.60. The minimum absolute atomic E-state index is 1.05. The van der Waals surface area contributed by atoms with Crippen LogP contribution < -0.4 is 0 Å². The topological polar surface area (TPSA) is 0 Å². The molecule has 0 heteroatoms. The van der Waals surface area contributed by atoms with E-state index in [-0.39, 0.29) is 0 Å². The van der Waals surface area contributed by atoms with Gasteiger partial charge in [-0.05, 0) is 88.9 Å². The van der Waals surface area contributed by atoms with Crippen LogP contribution in [0.15, 0.2) is 109 Å². The van der Waals surface area contributed by atoms with E-state index in [1.165, 1.54) is 64.6 Å². The first kappa shape index (κ1) is 17.9. The summed E-state index contributed by atoms with van der Waals surface area (Å²) in [7, 11) is 0. The zero-order valence-electron chi connectivity index (χ0n) is 18.4. The predicted octanol–water partition coefficient (Wildman–Crippen LogP) is 8.88. The van der Waals surface area contributed by atoms with Crippen LogP contribution in [0.2, 0.25) is 0 Å². The molecule has 0 heterocycles. The van der Waals surface area contributed by atoms with Crippen molar-refractivity contribution >= 4 is 64.6 Å².